The third-order valence-electron chi connectivity index (χ3n) is 4.75. The molecule has 4 rings (SSSR count). The van der Waals surface area contributed by atoms with E-state index in [0.29, 0.717) is 5.91 Å². The fourth-order valence-corrected chi connectivity index (χ4v) is 4.60. The van der Waals surface area contributed by atoms with E-state index >= 15 is 0 Å². The zero-order valence-corrected chi connectivity index (χ0v) is 12.7. The standard InChI is InChI=1S/C16H19N3OS/c20-16(11-4-1-5-13-12(11)10-17-18-13)19-8-2-6-14(19)15-7-3-9-21-15/h3,7,9-11,14H,1-2,4-6,8H2,(H,17,18). The summed E-state index contributed by atoms with van der Waals surface area (Å²) in [5.74, 6) is 0.307. The summed E-state index contributed by atoms with van der Waals surface area (Å²) in [7, 11) is 0. The molecule has 2 aliphatic rings. The van der Waals surface area contributed by atoms with Crippen molar-refractivity contribution in [1.82, 2.24) is 15.1 Å². The minimum absolute atomic E-state index is 0.00747. The highest BCUT2D eigenvalue weighted by atomic mass is 32.1. The molecule has 3 heterocycles. The van der Waals surface area contributed by atoms with Gasteiger partial charge in [-0.25, -0.2) is 0 Å². The quantitative estimate of drug-likeness (QED) is 0.925. The molecule has 110 valence electrons. The van der Waals surface area contributed by atoms with Crippen molar-refractivity contribution in [2.45, 2.75) is 44.1 Å². The topological polar surface area (TPSA) is 49.0 Å². The summed E-state index contributed by atoms with van der Waals surface area (Å²) < 4.78 is 0. The van der Waals surface area contributed by atoms with Gasteiger partial charge in [-0.2, -0.15) is 5.10 Å². The maximum absolute atomic E-state index is 13.1. The second-order valence-corrected chi connectivity index (χ2v) is 6.93. The normalized spacial score (nSPS) is 25.0. The van der Waals surface area contributed by atoms with Crippen molar-refractivity contribution < 1.29 is 4.79 Å². The van der Waals surface area contributed by atoms with Gasteiger partial charge in [0.05, 0.1) is 18.2 Å². The van der Waals surface area contributed by atoms with Gasteiger partial charge in [0.2, 0.25) is 5.91 Å². The molecule has 0 aromatic carbocycles. The maximum Gasteiger partial charge on any atom is 0.230 e. The predicted molar refractivity (Wildman–Crippen MR) is 82.3 cm³/mol. The molecule has 4 nitrogen and oxygen atoms in total. The van der Waals surface area contributed by atoms with Crippen molar-refractivity contribution in [2.75, 3.05) is 6.54 Å². The number of fused-ring (bicyclic) bond motifs is 1. The van der Waals surface area contributed by atoms with Crippen LogP contribution < -0.4 is 0 Å². The highest BCUT2D eigenvalue weighted by Crippen LogP contribution is 2.39. The summed E-state index contributed by atoms with van der Waals surface area (Å²) in [4.78, 5) is 16.5. The van der Waals surface area contributed by atoms with E-state index in [9.17, 15) is 4.79 Å². The Morgan fingerprint density at radius 2 is 2.33 bits per heavy atom. The number of rotatable bonds is 2. The summed E-state index contributed by atoms with van der Waals surface area (Å²) in [6, 6.07) is 4.52. The fraction of sp³-hybridized carbons (Fsp3) is 0.500. The lowest BCUT2D eigenvalue weighted by molar-refractivity contribution is -0.134. The summed E-state index contributed by atoms with van der Waals surface area (Å²) in [5.41, 5.74) is 2.29. The van der Waals surface area contributed by atoms with Gasteiger partial charge in [0, 0.05) is 22.7 Å². The van der Waals surface area contributed by atoms with E-state index in [1.54, 1.807) is 11.3 Å². The number of aryl methyl sites for hydroxylation is 1. The van der Waals surface area contributed by atoms with Crippen LogP contribution in [-0.2, 0) is 11.2 Å². The van der Waals surface area contributed by atoms with Crippen molar-refractivity contribution in [1.29, 1.82) is 0 Å². The Morgan fingerprint density at radius 1 is 1.38 bits per heavy atom. The van der Waals surface area contributed by atoms with Gasteiger partial charge in [-0.1, -0.05) is 6.07 Å². The van der Waals surface area contributed by atoms with Gasteiger partial charge in [0.25, 0.3) is 0 Å². The van der Waals surface area contributed by atoms with E-state index in [-0.39, 0.29) is 12.0 Å². The fourth-order valence-electron chi connectivity index (χ4n) is 3.73. The van der Waals surface area contributed by atoms with E-state index in [4.69, 9.17) is 0 Å². The Bertz CT molecular complexity index is 634. The van der Waals surface area contributed by atoms with Crippen LogP contribution in [0, 0.1) is 0 Å². The van der Waals surface area contributed by atoms with Crippen LogP contribution in [0.3, 0.4) is 0 Å². The third-order valence-corrected chi connectivity index (χ3v) is 5.73. The largest absolute Gasteiger partial charge is 0.334 e. The number of nitrogens with zero attached hydrogens (tertiary/aromatic N) is 2. The van der Waals surface area contributed by atoms with Crippen LogP contribution in [0.2, 0.25) is 0 Å². The number of amides is 1. The van der Waals surface area contributed by atoms with Gasteiger partial charge < -0.3 is 4.90 Å². The van der Waals surface area contributed by atoms with E-state index in [1.807, 2.05) is 6.20 Å². The minimum atomic E-state index is 0.00747. The first-order chi connectivity index (χ1) is 10.3. The molecular formula is C16H19N3OS. The van der Waals surface area contributed by atoms with Crippen molar-refractivity contribution in [3.05, 3.63) is 39.8 Å². The highest BCUT2D eigenvalue weighted by Gasteiger charge is 2.37. The first kappa shape index (κ1) is 13.1. The van der Waals surface area contributed by atoms with Crippen molar-refractivity contribution >= 4 is 17.2 Å². The monoisotopic (exact) mass is 301 g/mol. The maximum atomic E-state index is 13.1. The Labute approximate surface area is 128 Å². The summed E-state index contributed by atoms with van der Waals surface area (Å²) >= 11 is 1.76. The third kappa shape index (κ3) is 2.20. The van der Waals surface area contributed by atoms with Crippen molar-refractivity contribution in [3.63, 3.8) is 0 Å². The molecule has 21 heavy (non-hydrogen) atoms. The molecule has 0 bridgehead atoms. The second-order valence-electron chi connectivity index (χ2n) is 5.95. The number of hydrogen-bond acceptors (Lipinski definition) is 3. The number of hydrogen-bond donors (Lipinski definition) is 1. The number of carbonyl (C=O) groups excluding carboxylic acids is 1. The summed E-state index contributed by atoms with van der Waals surface area (Å²) in [6.45, 7) is 0.894. The van der Waals surface area contributed by atoms with Gasteiger partial charge in [-0.3, -0.25) is 9.89 Å². The number of nitrogens with one attached hydrogen (secondary N) is 1. The van der Waals surface area contributed by atoms with Gasteiger partial charge in [0.15, 0.2) is 0 Å². The lowest BCUT2D eigenvalue weighted by Gasteiger charge is -2.30. The zero-order valence-electron chi connectivity index (χ0n) is 11.9. The van der Waals surface area contributed by atoms with E-state index in [0.717, 1.165) is 49.9 Å². The van der Waals surface area contributed by atoms with Crippen molar-refractivity contribution in [2.24, 2.45) is 0 Å². The number of thiophene rings is 1. The number of carbonyl (C=O) groups is 1. The average Bonchev–Trinajstić information content (AvgIpc) is 3.23. The highest BCUT2D eigenvalue weighted by molar-refractivity contribution is 7.10. The van der Waals surface area contributed by atoms with Crippen LogP contribution in [0.5, 0.6) is 0 Å². The van der Waals surface area contributed by atoms with Crippen LogP contribution in [0.15, 0.2) is 23.7 Å². The zero-order chi connectivity index (χ0) is 14.2. The number of likely N-dealkylation sites (tertiary alicyclic amines) is 1. The smallest absolute Gasteiger partial charge is 0.230 e. The van der Waals surface area contributed by atoms with Crippen LogP contribution in [-0.4, -0.2) is 27.5 Å². The minimum Gasteiger partial charge on any atom is -0.334 e. The molecule has 1 N–H and O–H groups in total. The predicted octanol–water partition coefficient (Wildman–Crippen LogP) is 3.25. The molecule has 2 unspecified atom stereocenters. The van der Waals surface area contributed by atoms with Gasteiger partial charge >= 0.3 is 0 Å². The number of H-pyrrole nitrogens is 1. The van der Waals surface area contributed by atoms with Crippen LogP contribution in [0.25, 0.3) is 0 Å². The Kier molecular flexibility index (Phi) is 3.30. The molecule has 1 saturated heterocycles. The summed E-state index contributed by atoms with van der Waals surface area (Å²) in [6.07, 6.45) is 7.11. The molecule has 1 aliphatic heterocycles. The number of aromatic nitrogens is 2. The molecule has 0 saturated carbocycles. The van der Waals surface area contributed by atoms with Crippen molar-refractivity contribution in [3.8, 4) is 0 Å². The molecule has 0 radical (unpaired) electrons. The molecule has 2 atom stereocenters. The molecular weight excluding hydrogens is 282 g/mol. The lowest BCUT2D eigenvalue weighted by atomic mass is 9.86. The molecule has 2 aromatic heterocycles. The van der Waals surface area contributed by atoms with E-state index in [1.165, 1.54) is 4.88 Å². The Morgan fingerprint density at radius 3 is 3.19 bits per heavy atom. The number of aromatic amines is 1. The lowest BCUT2D eigenvalue weighted by Crippen LogP contribution is -2.35. The van der Waals surface area contributed by atoms with Crippen LogP contribution in [0.4, 0.5) is 0 Å². The van der Waals surface area contributed by atoms with Crippen LogP contribution >= 0.6 is 11.3 Å². The average molecular weight is 301 g/mol. The second kappa shape index (κ2) is 5.30. The molecule has 5 heteroatoms. The molecule has 1 fully saturated rings. The van der Waals surface area contributed by atoms with E-state index in [2.05, 4.69) is 32.6 Å². The molecule has 1 aliphatic carbocycles. The van der Waals surface area contributed by atoms with Gasteiger partial charge in [-0.15, -0.1) is 11.3 Å². The molecule has 2 aromatic rings. The molecule has 1 amide bonds. The van der Waals surface area contributed by atoms with E-state index < -0.39 is 0 Å². The first-order valence-electron chi connectivity index (χ1n) is 7.70. The summed E-state index contributed by atoms with van der Waals surface area (Å²) in [5, 5.41) is 9.29. The van der Waals surface area contributed by atoms with Crippen LogP contribution in [0.1, 0.15) is 53.8 Å². The first-order valence-corrected chi connectivity index (χ1v) is 8.58. The van der Waals surface area contributed by atoms with Gasteiger partial charge in [0.1, 0.15) is 0 Å². The Hall–Kier alpha value is -1.62. The molecule has 0 spiro atoms. The SMILES string of the molecule is O=C(C1CCCc2[nH]ncc21)N1CCCC1c1cccs1. The van der Waals surface area contributed by atoms with Gasteiger partial charge in [-0.05, 0) is 43.6 Å². The Balaban J connectivity index is 1.61.